The van der Waals surface area contributed by atoms with Crippen LogP contribution in [0, 0.1) is 0 Å². The maximum absolute atomic E-state index is 9.07. The van der Waals surface area contributed by atoms with Crippen LogP contribution in [0.2, 0.25) is 0 Å². The van der Waals surface area contributed by atoms with Crippen molar-refractivity contribution in [1.82, 2.24) is 4.98 Å². The lowest BCUT2D eigenvalue weighted by molar-refractivity contribution is 0.489. The van der Waals surface area contributed by atoms with Crippen molar-refractivity contribution in [3.63, 3.8) is 0 Å². The van der Waals surface area contributed by atoms with Crippen LogP contribution in [0.1, 0.15) is 36.6 Å². The zero-order chi connectivity index (χ0) is 7.68. The Labute approximate surface area is 69.9 Å². The molecule has 1 aromatic heterocycles. The van der Waals surface area contributed by atoms with Crippen molar-refractivity contribution in [3.8, 4) is 5.06 Å². The number of nitrogens with zero attached hydrogens (tertiary/aromatic N) is 1. The Morgan fingerprint density at radius 3 is 2.73 bits per heavy atom. The molecule has 11 heavy (non-hydrogen) atoms. The Hall–Kier alpha value is -0.570. The van der Waals surface area contributed by atoms with E-state index in [2.05, 4.69) is 4.98 Å². The molecule has 1 N–H and O–H groups in total. The SMILES string of the molecule is Oc1cnc(C2CCCC2)s1. The van der Waals surface area contributed by atoms with Gasteiger partial charge in [0, 0.05) is 5.92 Å². The van der Waals surface area contributed by atoms with Gasteiger partial charge in [-0.3, -0.25) is 0 Å². The standard InChI is InChI=1S/C8H11NOS/c10-7-5-9-8(11-7)6-3-1-2-4-6/h5-6,10H,1-4H2. The van der Waals surface area contributed by atoms with Gasteiger partial charge in [-0.2, -0.15) is 0 Å². The van der Waals surface area contributed by atoms with Crippen LogP contribution >= 0.6 is 11.3 Å². The molecule has 0 spiro atoms. The summed E-state index contributed by atoms with van der Waals surface area (Å²) in [6.07, 6.45) is 6.72. The van der Waals surface area contributed by atoms with Gasteiger partial charge in [0.15, 0.2) is 5.06 Å². The minimum atomic E-state index is 0.354. The predicted molar refractivity (Wildman–Crippen MR) is 45.0 cm³/mol. The van der Waals surface area contributed by atoms with Gasteiger partial charge in [-0.15, -0.1) is 0 Å². The summed E-state index contributed by atoms with van der Waals surface area (Å²) in [6.45, 7) is 0. The number of rotatable bonds is 1. The maximum atomic E-state index is 9.07. The highest BCUT2D eigenvalue weighted by Crippen LogP contribution is 2.37. The Bertz CT molecular complexity index is 240. The summed E-state index contributed by atoms with van der Waals surface area (Å²) >= 11 is 1.43. The van der Waals surface area contributed by atoms with Crippen LogP contribution in [0.3, 0.4) is 0 Å². The quantitative estimate of drug-likeness (QED) is 0.700. The third-order valence-corrected chi connectivity index (χ3v) is 3.18. The lowest BCUT2D eigenvalue weighted by atomic mass is 10.1. The Balaban J connectivity index is 2.15. The fraction of sp³-hybridized carbons (Fsp3) is 0.625. The molecule has 0 radical (unpaired) electrons. The van der Waals surface area contributed by atoms with Gasteiger partial charge in [0.1, 0.15) is 0 Å². The predicted octanol–water partition coefficient (Wildman–Crippen LogP) is 2.51. The number of aromatic nitrogens is 1. The van der Waals surface area contributed by atoms with E-state index in [4.69, 9.17) is 5.11 Å². The van der Waals surface area contributed by atoms with Crippen LogP contribution in [0.15, 0.2) is 6.20 Å². The molecule has 1 aromatic rings. The number of aromatic hydroxyl groups is 1. The van der Waals surface area contributed by atoms with Gasteiger partial charge in [-0.25, -0.2) is 4.98 Å². The first-order valence-electron chi connectivity index (χ1n) is 4.01. The van der Waals surface area contributed by atoms with E-state index >= 15 is 0 Å². The summed E-state index contributed by atoms with van der Waals surface area (Å²) in [5.41, 5.74) is 0. The van der Waals surface area contributed by atoms with Crippen LogP contribution in [0.25, 0.3) is 0 Å². The van der Waals surface area contributed by atoms with Gasteiger partial charge in [-0.05, 0) is 12.8 Å². The molecule has 1 aliphatic rings. The van der Waals surface area contributed by atoms with Gasteiger partial charge >= 0.3 is 0 Å². The summed E-state index contributed by atoms with van der Waals surface area (Å²) in [5.74, 6) is 0.640. The van der Waals surface area contributed by atoms with E-state index in [-0.39, 0.29) is 0 Å². The molecular formula is C8H11NOS. The van der Waals surface area contributed by atoms with Crippen molar-refractivity contribution in [2.24, 2.45) is 0 Å². The molecule has 0 unspecified atom stereocenters. The van der Waals surface area contributed by atoms with Crippen molar-refractivity contribution in [2.45, 2.75) is 31.6 Å². The summed E-state index contributed by atoms with van der Waals surface area (Å²) in [7, 11) is 0. The molecule has 0 aromatic carbocycles. The van der Waals surface area contributed by atoms with Gasteiger partial charge in [0.2, 0.25) is 0 Å². The highest BCUT2D eigenvalue weighted by atomic mass is 32.1. The van der Waals surface area contributed by atoms with Crippen molar-refractivity contribution in [3.05, 3.63) is 11.2 Å². The number of hydrogen-bond acceptors (Lipinski definition) is 3. The van der Waals surface area contributed by atoms with Gasteiger partial charge in [-0.1, -0.05) is 24.2 Å². The summed E-state index contributed by atoms with van der Waals surface area (Å²) in [5, 5.41) is 10.5. The molecule has 0 aliphatic heterocycles. The average Bonchev–Trinajstić information content (AvgIpc) is 2.55. The van der Waals surface area contributed by atoms with Gasteiger partial charge in [0.25, 0.3) is 0 Å². The van der Waals surface area contributed by atoms with E-state index in [0.717, 1.165) is 5.01 Å². The van der Waals surface area contributed by atoms with Crippen molar-refractivity contribution >= 4 is 11.3 Å². The number of thiazole rings is 1. The van der Waals surface area contributed by atoms with Crippen molar-refractivity contribution in [2.75, 3.05) is 0 Å². The minimum absolute atomic E-state index is 0.354. The first-order chi connectivity index (χ1) is 5.36. The van der Waals surface area contributed by atoms with E-state index < -0.39 is 0 Å². The second-order valence-corrected chi connectivity index (χ2v) is 4.06. The third-order valence-electron chi connectivity index (χ3n) is 2.22. The van der Waals surface area contributed by atoms with Crippen LogP contribution in [0.5, 0.6) is 5.06 Å². The second-order valence-electron chi connectivity index (χ2n) is 3.02. The molecule has 0 saturated heterocycles. The normalized spacial score (nSPS) is 19.3. The van der Waals surface area contributed by atoms with E-state index in [0.29, 0.717) is 11.0 Å². The van der Waals surface area contributed by atoms with Gasteiger partial charge < -0.3 is 5.11 Å². The lowest BCUT2D eigenvalue weighted by Crippen LogP contribution is -1.88. The number of hydrogen-bond donors (Lipinski definition) is 1. The zero-order valence-corrected chi connectivity index (χ0v) is 7.10. The minimum Gasteiger partial charge on any atom is -0.498 e. The Morgan fingerprint density at radius 2 is 2.18 bits per heavy atom. The topological polar surface area (TPSA) is 33.1 Å². The van der Waals surface area contributed by atoms with Crippen LogP contribution in [-0.2, 0) is 0 Å². The molecule has 60 valence electrons. The fourth-order valence-corrected chi connectivity index (χ4v) is 2.47. The van der Waals surface area contributed by atoms with E-state index in [1.54, 1.807) is 6.20 Å². The molecule has 1 saturated carbocycles. The van der Waals surface area contributed by atoms with Crippen molar-refractivity contribution < 1.29 is 5.11 Å². The first-order valence-corrected chi connectivity index (χ1v) is 4.82. The highest BCUT2D eigenvalue weighted by molar-refractivity contribution is 7.13. The maximum Gasteiger partial charge on any atom is 0.191 e. The largest absolute Gasteiger partial charge is 0.498 e. The fourth-order valence-electron chi connectivity index (χ4n) is 1.64. The second kappa shape index (κ2) is 2.81. The van der Waals surface area contributed by atoms with Crippen LogP contribution in [0.4, 0.5) is 0 Å². The van der Waals surface area contributed by atoms with Crippen molar-refractivity contribution in [1.29, 1.82) is 0 Å². The molecule has 1 heterocycles. The third kappa shape index (κ3) is 1.38. The summed E-state index contributed by atoms with van der Waals surface area (Å²) < 4.78 is 0. The molecule has 1 fully saturated rings. The van der Waals surface area contributed by atoms with E-state index in [1.165, 1.54) is 37.0 Å². The molecular weight excluding hydrogens is 158 g/mol. The molecule has 3 heteroatoms. The molecule has 2 rings (SSSR count). The molecule has 1 aliphatic carbocycles. The molecule has 2 nitrogen and oxygen atoms in total. The van der Waals surface area contributed by atoms with Crippen LogP contribution < -0.4 is 0 Å². The smallest absolute Gasteiger partial charge is 0.191 e. The van der Waals surface area contributed by atoms with Crippen LogP contribution in [-0.4, -0.2) is 10.1 Å². The molecule has 0 atom stereocenters. The van der Waals surface area contributed by atoms with E-state index in [9.17, 15) is 0 Å². The Morgan fingerprint density at radius 1 is 1.45 bits per heavy atom. The summed E-state index contributed by atoms with van der Waals surface area (Å²) in [6, 6.07) is 0. The van der Waals surface area contributed by atoms with Gasteiger partial charge in [0.05, 0.1) is 11.2 Å². The average molecular weight is 169 g/mol. The summed E-state index contributed by atoms with van der Waals surface area (Å²) in [4.78, 5) is 4.17. The molecule has 0 bridgehead atoms. The van der Waals surface area contributed by atoms with E-state index in [1.807, 2.05) is 0 Å². The zero-order valence-electron chi connectivity index (χ0n) is 6.29. The first kappa shape index (κ1) is 7.10. The molecule has 0 amide bonds. The Kier molecular flexibility index (Phi) is 1.82. The monoisotopic (exact) mass is 169 g/mol. The lowest BCUT2D eigenvalue weighted by Gasteiger charge is -2.01. The highest BCUT2D eigenvalue weighted by Gasteiger charge is 2.19.